The molecule has 8 nitrogen and oxygen atoms in total. The molecule has 0 bridgehead atoms. The summed E-state index contributed by atoms with van der Waals surface area (Å²) in [7, 11) is 0. The average Bonchev–Trinajstić information content (AvgIpc) is 3.53. The molecule has 0 aliphatic carbocycles. The molecule has 0 atom stereocenters. The van der Waals surface area contributed by atoms with E-state index in [1.807, 2.05) is 60.0 Å². The van der Waals surface area contributed by atoms with Gasteiger partial charge in [0.15, 0.2) is 12.4 Å². The summed E-state index contributed by atoms with van der Waals surface area (Å²) >= 11 is 2.78. The summed E-state index contributed by atoms with van der Waals surface area (Å²) in [5.74, 6) is -0.681. The highest BCUT2D eigenvalue weighted by molar-refractivity contribution is 7.99. The summed E-state index contributed by atoms with van der Waals surface area (Å²) in [5.41, 5.74) is 1.29. The molecular weight excluding hydrogens is 458 g/mol. The number of nitrogens with zero attached hydrogens (tertiary/aromatic N) is 4. The molecule has 33 heavy (non-hydrogen) atoms. The van der Waals surface area contributed by atoms with Gasteiger partial charge in [-0.2, -0.15) is 10.2 Å². The molecule has 0 aliphatic heterocycles. The van der Waals surface area contributed by atoms with Crippen LogP contribution in [0.25, 0.3) is 16.4 Å². The molecule has 0 radical (unpaired) electrons. The second-order valence-electron chi connectivity index (χ2n) is 6.55. The number of nitrogens with one attached hydrogen (secondary N) is 1. The molecule has 4 rings (SSSR count). The van der Waals surface area contributed by atoms with Crippen LogP contribution in [0.2, 0.25) is 0 Å². The van der Waals surface area contributed by atoms with Crippen LogP contribution in [-0.2, 0) is 9.53 Å². The molecule has 10 heteroatoms. The number of ether oxygens (including phenoxy) is 1. The standard InChI is InChI=1S/C23H17N5O3S2/c24-12-14-33-18-10-5-4-9-17(18)25-20(29)15-31-23(30)21-26-22(19-11-6-13-32-19)28(27-21)16-7-2-1-3-8-16/h1-11,13H,14-15H2,(H,25,29). The van der Waals surface area contributed by atoms with Crippen molar-refractivity contribution in [2.45, 2.75) is 4.90 Å². The van der Waals surface area contributed by atoms with E-state index in [-0.39, 0.29) is 11.6 Å². The van der Waals surface area contributed by atoms with Crippen molar-refractivity contribution in [1.29, 1.82) is 5.26 Å². The Labute approximate surface area is 197 Å². The van der Waals surface area contributed by atoms with Gasteiger partial charge in [-0.25, -0.2) is 9.48 Å². The van der Waals surface area contributed by atoms with Crippen LogP contribution in [0, 0.1) is 11.3 Å². The summed E-state index contributed by atoms with van der Waals surface area (Å²) in [4.78, 5) is 30.9. The maximum absolute atomic E-state index is 12.6. The Hall–Kier alpha value is -3.94. The summed E-state index contributed by atoms with van der Waals surface area (Å²) in [6, 6.07) is 22.3. The van der Waals surface area contributed by atoms with Crippen molar-refractivity contribution in [2.75, 3.05) is 17.7 Å². The zero-order chi connectivity index (χ0) is 23.0. The SMILES string of the molecule is N#CCSc1ccccc1NC(=O)COC(=O)c1nc(-c2cccs2)n(-c2ccccc2)n1. The first-order valence-electron chi connectivity index (χ1n) is 9.78. The van der Waals surface area contributed by atoms with E-state index in [9.17, 15) is 9.59 Å². The lowest BCUT2D eigenvalue weighted by Gasteiger charge is -2.09. The van der Waals surface area contributed by atoms with Crippen LogP contribution in [0.15, 0.2) is 77.0 Å². The van der Waals surface area contributed by atoms with E-state index in [4.69, 9.17) is 10.00 Å². The molecule has 2 aromatic heterocycles. The van der Waals surface area contributed by atoms with Gasteiger partial charge in [0.2, 0.25) is 0 Å². The second-order valence-corrected chi connectivity index (χ2v) is 8.52. The highest BCUT2D eigenvalue weighted by Crippen LogP contribution is 2.27. The Morgan fingerprint density at radius 2 is 1.88 bits per heavy atom. The maximum Gasteiger partial charge on any atom is 0.378 e. The molecule has 0 saturated heterocycles. The van der Waals surface area contributed by atoms with Crippen LogP contribution in [0.5, 0.6) is 0 Å². The van der Waals surface area contributed by atoms with Gasteiger partial charge in [-0.05, 0) is 35.7 Å². The fraction of sp³-hybridized carbons (Fsp3) is 0.0870. The molecule has 0 unspecified atom stereocenters. The molecule has 1 N–H and O–H groups in total. The predicted molar refractivity (Wildman–Crippen MR) is 126 cm³/mol. The van der Waals surface area contributed by atoms with Crippen LogP contribution >= 0.6 is 23.1 Å². The van der Waals surface area contributed by atoms with Gasteiger partial charge in [-0.1, -0.05) is 36.4 Å². The largest absolute Gasteiger partial charge is 0.450 e. The Kier molecular flexibility index (Phi) is 7.14. The number of carbonyl (C=O) groups is 2. The van der Waals surface area contributed by atoms with Crippen LogP contribution in [0.1, 0.15) is 10.6 Å². The third-order valence-electron chi connectivity index (χ3n) is 4.32. The lowest BCUT2D eigenvalue weighted by atomic mass is 10.3. The summed E-state index contributed by atoms with van der Waals surface area (Å²) in [6.07, 6.45) is 0. The summed E-state index contributed by atoms with van der Waals surface area (Å²) in [5, 5.41) is 17.7. The molecule has 0 spiro atoms. The molecule has 2 heterocycles. The predicted octanol–water partition coefficient (Wildman–Crippen LogP) is 4.41. The fourth-order valence-corrected chi connectivity index (χ4v) is 4.27. The third-order valence-corrected chi connectivity index (χ3v) is 6.13. The second kappa shape index (κ2) is 10.6. The Morgan fingerprint density at radius 1 is 1.09 bits per heavy atom. The van der Waals surface area contributed by atoms with Crippen molar-refractivity contribution < 1.29 is 14.3 Å². The van der Waals surface area contributed by atoms with E-state index in [0.717, 1.165) is 15.5 Å². The number of anilines is 1. The minimum Gasteiger partial charge on any atom is -0.450 e. The number of hydrogen-bond donors (Lipinski definition) is 1. The van der Waals surface area contributed by atoms with Crippen LogP contribution in [-0.4, -0.2) is 39.0 Å². The molecule has 4 aromatic rings. The van der Waals surface area contributed by atoms with E-state index >= 15 is 0 Å². The Morgan fingerprint density at radius 3 is 2.64 bits per heavy atom. The number of amides is 1. The first-order valence-corrected chi connectivity index (χ1v) is 11.6. The van der Waals surface area contributed by atoms with E-state index in [1.165, 1.54) is 23.1 Å². The number of carbonyl (C=O) groups excluding carboxylic acids is 2. The molecular formula is C23H17N5O3S2. The highest BCUT2D eigenvalue weighted by atomic mass is 32.2. The van der Waals surface area contributed by atoms with Crippen molar-refractivity contribution in [3.63, 3.8) is 0 Å². The van der Waals surface area contributed by atoms with Gasteiger partial charge in [0.05, 0.1) is 28.1 Å². The van der Waals surface area contributed by atoms with Gasteiger partial charge in [0.1, 0.15) is 0 Å². The van der Waals surface area contributed by atoms with Gasteiger partial charge in [-0.3, -0.25) is 4.79 Å². The lowest BCUT2D eigenvalue weighted by Crippen LogP contribution is -2.21. The normalized spacial score (nSPS) is 10.4. The number of hydrogen-bond acceptors (Lipinski definition) is 8. The topological polar surface area (TPSA) is 110 Å². The Bertz CT molecular complexity index is 1300. The molecule has 164 valence electrons. The van der Waals surface area contributed by atoms with Crippen LogP contribution in [0.3, 0.4) is 0 Å². The highest BCUT2D eigenvalue weighted by Gasteiger charge is 2.21. The first-order chi connectivity index (χ1) is 16.2. The van der Waals surface area contributed by atoms with Crippen molar-refractivity contribution in [3.05, 3.63) is 77.9 Å². The van der Waals surface area contributed by atoms with E-state index in [2.05, 4.69) is 15.4 Å². The number of nitriles is 1. The molecule has 0 saturated carbocycles. The van der Waals surface area contributed by atoms with Crippen molar-refractivity contribution in [1.82, 2.24) is 14.8 Å². The molecule has 0 aliphatic rings. The molecule has 2 aromatic carbocycles. The van der Waals surface area contributed by atoms with Gasteiger partial charge in [0.25, 0.3) is 11.7 Å². The zero-order valence-corrected chi connectivity index (χ0v) is 18.8. The number of rotatable bonds is 8. The number of aromatic nitrogens is 3. The van der Waals surface area contributed by atoms with E-state index in [0.29, 0.717) is 11.5 Å². The zero-order valence-electron chi connectivity index (χ0n) is 17.2. The van der Waals surface area contributed by atoms with E-state index < -0.39 is 18.5 Å². The van der Waals surface area contributed by atoms with Crippen molar-refractivity contribution >= 4 is 40.7 Å². The minimum atomic E-state index is -0.801. The van der Waals surface area contributed by atoms with Gasteiger partial charge in [0, 0.05) is 4.90 Å². The third kappa shape index (κ3) is 5.46. The summed E-state index contributed by atoms with van der Waals surface area (Å²) in [6.45, 7) is -0.496. The smallest absolute Gasteiger partial charge is 0.378 e. The van der Waals surface area contributed by atoms with Crippen molar-refractivity contribution in [2.24, 2.45) is 0 Å². The van der Waals surface area contributed by atoms with Gasteiger partial charge in [-0.15, -0.1) is 28.2 Å². The number of esters is 1. The lowest BCUT2D eigenvalue weighted by molar-refractivity contribution is -0.119. The van der Waals surface area contributed by atoms with Crippen LogP contribution in [0.4, 0.5) is 5.69 Å². The number of thiophene rings is 1. The molecule has 0 fully saturated rings. The number of thioether (sulfide) groups is 1. The summed E-state index contributed by atoms with van der Waals surface area (Å²) < 4.78 is 6.73. The van der Waals surface area contributed by atoms with E-state index in [1.54, 1.807) is 22.9 Å². The fourth-order valence-electron chi connectivity index (χ4n) is 2.90. The Balaban J connectivity index is 1.46. The maximum atomic E-state index is 12.6. The minimum absolute atomic E-state index is 0.139. The number of para-hydroxylation sites is 2. The van der Waals surface area contributed by atoms with Crippen LogP contribution < -0.4 is 5.32 Å². The van der Waals surface area contributed by atoms with Gasteiger partial charge < -0.3 is 10.1 Å². The number of benzene rings is 2. The monoisotopic (exact) mass is 475 g/mol. The first kappa shape index (κ1) is 22.3. The average molecular weight is 476 g/mol. The van der Waals surface area contributed by atoms with Crippen molar-refractivity contribution in [3.8, 4) is 22.5 Å². The van der Waals surface area contributed by atoms with Gasteiger partial charge >= 0.3 is 5.97 Å². The quantitative estimate of drug-likeness (QED) is 0.297. The molecule has 1 amide bonds.